The SMILES string of the molecule is C=C(C)C(=O)OCC(C)C(=O)Oc1ccccc1.C=CC(=O)OCCC(=O)Oc1ccccc1. The van der Waals surface area contributed by atoms with Gasteiger partial charge in [0.1, 0.15) is 24.7 Å². The molecule has 0 fully saturated rings. The van der Waals surface area contributed by atoms with E-state index >= 15 is 0 Å². The van der Waals surface area contributed by atoms with Crippen molar-refractivity contribution in [3.8, 4) is 11.5 Å². The van der Waals surface area contributed by atoms with E-state index in [1.165, 1.54) is 0 Å². The number of benzene rings is 2. The molecule has 180 valence electrons. The van der Waals surface area contributed by atoms with E-state index in [0.717, 1.165) is 6.08 Å². The molecule has 0 amide bonds. The van der Waals surface area contributed by atoms with Crippen molar-refractivity contribution in [2.45, 2.75) is 20.3 Å². The average Bonchev–Trinajstić information content (AvgIpc) is 2.83. The van der Waals surface area contributed by atoms with Gasteiger partial charge in [0.15, 0.2) is 0 Å². The lowest BCUT2D eigenvalue weighted by Gasteiger charge is -2.11. The summed E-state index contributed by atoms with van der Waals surface area (Å²) in [5.74, 6) is -1.50. The Kier molecular flexibility index (Phi) is 12.8. The van der Waals surface area contributed by atoms with Gasteiger partial charge in [0.25, 0.3) is 0 Å². The van der Waals surface area contributed by atoms with Crippen LogP contribution in [0.25, 0.3) is 0 Å². The van der Waals surface area contributed by atoms with Gasteiger partial charge in [-0.3, -0.25) is 9.59 Å². The molecule has 0 aliphatic rings. The third kappa shape index (κ3) is 12.0. The van der Waals surface area contributed by atoms with Crippen LogP contribution in [-0.4, -0.2) is 37.1 Å². The zero-order chi connectivity index (χ0) is 25.3. The number of rotatable bonds is 10. The fraction of sp³-hybridized carbons (Fsp3) is 0.231. The molecular formula is C26H28O8. The highest BCUT2D eigenvalue weighted by atomic mass is 16.6. The van der Waals surface area contributed by atoms with Gasteiger partial charge < -0.3 is 18.9 Å². The van der Waals surface area contributed by atoms with Crippen molar-refractivity contribution in [2.24, 2.45) is 5.92 Å². The molecule has 2 rings (SSSR count). The molecule has 1 unspecified atom stereocenters. The summed E-state index contributed by atoms with van der Waals surface area (Å²) in [6.45, 7) is 9.86. The van der Waals surface area contributed by atoms with Crippen LogP contribution < -0.4 is 9.47 Å². The first-order valence-electron chi connectivity index (χ1n) is 10.4. The van der Waals surface area contributed by atoms with Crippen molar-refractivity contribution in [3.63, 3.8) is 0 Å². The van der Waals surface area contributed by atoms with E-state index < -0.39 is 29.8 Å². The first kappa shape index (κ1) is 27.8. The Morgan fingerprint density at radius 3 is 1.91 bits per heavy atom. The summed E-state index contributed by atoms with van der Waals surface area (Å²) in [5, 5.41) is 0. The first-order valence-corrected chi connectivity index (χ1v) is 10.4. The van der Waals surface area contributed by atoms with E-state index in [0.29, 0.717) is 17.1 Å². The second-order valence-corrected chi connectivity index (χ2v) is 6.92. The molecule has 0 N–H and O–H groups in total. The second kappa shape index (κ2) is 15.6. The van der Waals surface area contributed by atoms with Crippen molar-refractivity contribution < 1.29 is 38.1 Å². The Morgan fingerprint density at radius 2 is 1.41 bits per heavy atom. The number of carbonyl (C=O) groups excluding carboxylic acids is 4. The lowest BCUT2D eigenvalue weighted by molar-refractivity contribution is -0.146. The van der Waals surface area contributed by atoms with E-state index in [-0.39, 0.29) is 19.6 Å². The molecule has 2 aromatic carbocycles. The third-order valence-corrected chi connectivity index (χ3v) is 3.87. The highest BCUT2D eigenvalue weighted by Crippen LogP contribution is 2.12. The third-order valence-electron chi connectivity index (χ3n) is 3.87. The molecule has 8 nitrogen and oxygen atoms in total. The van der Waals surface area contributed by atoms with Crippen LogP contribution in [0.5, 0.6) is 11.5 Å². The van der Waals surface area contributed by atoms with Crippen LogP contribution in [0.1, 0.15) is 20.3 Å². The molecule has 34 heavy (non-hydrogen) atoms. The molecule has 0 heterocycles. The first-order chi connectivity index (χ1) is 16.2. The summed E-state index contributed by atoms with van der Waals surface area (Å²) in [7, 11) is 0. The van der Waals surface area contributed by atoms with Gasteiger partial charge >= 0.3 is 23.9 Å². The van der Waals surface area contributed by atoms with Crippen LogP contribution in [0.15, 0.2) is 85.5 Å². The van der Waals surface area contributed by atoms with Crippen molar-refractivity contribution in [1.29, 1.82) is 0 Å². The maximum absolute atomic E-state index is 11.7. The number of ether oxygens (including phenoxy) is 4. The molecule has 0 radical (unpaired) electrons. The number of hydrogen-bond donors (Lipinski definition) is 0. The monoisotopic (exact) mass is 468 g/mol. The van der Waals surface area contributed by atoms with E-state index in [2.05, 4.69) is 17.9 Å². The van der Waals surface area contributed by atoms with Gasteiger partial charge in [-0.2, -0.15) is 0 Å². The smallest absolute Gasteiger partial charge is 0.333 e. The van der Waals surface area contributed by atoms with E-state index in [4.69, 9.17) is 14.2 Å². The van der Waals surface area contributed by atoms with Crippen LogP contribution in [0, 0.1) is 5.92 Å². The van der Waals surface area contributed by atoms with Gasteiger partial charge in [-0.25, -0.2) is 9.59 Å². The summed E-state index contributed by atoms with van der Waals surface area (Å²) < 4.78 is 19.6. The summed E-state index contributed by atoms with van der Waals surface area (Å²) in [4.78, 5) is 44.7. The van der Waals surface area contributed by atoms with Gasteiger partial charge in [-0.05, 0) is 38.1 Å². The van der Waals surface area contributed by atoms with Crippen molar-refractivity contribution in [3.05, 3.63) is 85.5 Å². The number of para-hydroxylation sites is 2. The van der Waals surface area contributed by atoms with Crippen LogP contribution in [-0.2, 0) is 28.7 Å². The average molecular weight is 469 g/mol. The number of carbonyl (C=O) groups is 4. The van der Waals surface area contributed by atoms with E-state index in [1.54, 1.807) is 62.4 Å². The van der Waals surface area contributed by atoms with E-state index in [9.17, 15) is 19.2 Å². The predicted molar refractivity (Wildman–Crippen MR) is 125 cm³/mol. The molecule has 8 heteroatoms. The van der Waals surface area contributed by atoms with E-state index in [1.807, 2.05) is 12.1 Å². The lowest BCUT2D eigenvalue weighted by atomic mass is 10.2. The fourth-order valence-corrected chi connectivity index (χ4v) is 2.06. The highest BCUT2D eigenvalue weighted by molar-refractivity contribution is 5.87. The fourth-order valence-electron chi connectivity index (χ4n) is 2.06. The minimum Gasteiger partial charge on any atom is -0.462 e. The summed E-state index contributed by atoms with van der Waals surface area (Å²) in [5.41, 5.74) is 0.304. The number of esters is 4. The quantitative estimate of drug-likeness (QED) is 0.292. The molecule has 0 spiro atoms. The molecule has 0 bridgehead atoms. The van der Waals surface area contributed by atoms with Gasteiger partial charge in [0, 0.05) is 11.6 Å². The molecule has 0 aliphatic carbocycles. The molecule has 0 aliphatic heterocycles. The molecule has 1 atom stereocenters. The van der Waals surface area contributed by atoms with Crippen LogP contribution in [0.3, 0.4) is 0 Å². The lowest BCUT2D eigenvalue weighted by Crippen LogP contribution is -2.24. The van der Waals surface area contributed by atoms with Crippen molar-refractivity contribution in [2.75, 3.05) is 13.2 Å². The van der Waals surface area contributed by atoms with Gasteiger partial charge in [0.2, 0.25) is 0 Å². The van der Waals surface area contributed by atoms with Crippen LogP contribution >= 0.6 is 0 Å². The maximum Gasteiger partial charge on any atom is 0.333 e. The number of hydrogen-bond acceptors (Lipinski definition) is 8. The van der Waals surface area contributed by atoms with Crippen LogP contribution in [0.4, 0.5) is 0 Å². The Morgan fingerprint density at radius 1 is 0.882 bits per heavy atom. The van der Waals surface area contributed by atoms with Gasteiger partial charge in [-0.15, -0.1) is 0 Å². The zero-order valence-corrected chi connectivity index (χ0v) is 19.2. The Bertz CT molecular complexity index is 967. The standard InChI is InChI=1S/C14H16O4.C12H12O4/c1-10(2)13(15)17-9-11(3)14(16)18-12-7-5-4-6-8-12;1-2-11(13)15-9-8-12(14)16-10-6-4-3-5-7-10/h4-8,11H,1,9H2,2-3H3;2-7H,1,8-9H2. The summed E-state index contributed by atoms with van der Waals surface area (Å²) in [6.07, 6.45) is 1.07. The molecular weight excluding hydrogens is 440 g/mol. The largest absolute Gasteiger partial charge is 0.462 e. The molecule has 0 aromatic heterocycles. The molecule has 0 saturated carbocycles. The minimum absolute atomic E-state index is 0.00345. The normalized spacial score (nSPS) is 10.4. The Balaban J connectivity index is 0.000000342. The summed E-state index contributed by atoms with van der Waals surface area (Å²) in [6, 6.07) is 17.4. The van der Waals surface area contributed by atoms with Crippen LogP contribution in [0.2, 0.25) is 0 Å². The topological polar surface area (TPSA) is 105 Å². The minimum atomic E-state index is -0.549. The molecule has 0 saturated heterocycles. The zero-order valence-electron chi connectivity index (χ0n) is 19.2. The maximum atomic E-state index is 11.7. The second-order valence-electron chi connectivity index (χ2n) is 6.92. The summed E-state index contributed by atoms with van der Waals surface area (Å²) >= 11 is 0. The van der Waals surface area contributed by atoms with Gasteiger partial charge in [-0.1, -0.05) is 49.6 Å². The predicted octanol–water partition coefficient (Wildman–Crippen LogP) is 4.06. The Hall–Kier alpha value is -4.20. The van der Waals surface area contributed by atoms with Crippen molar-refractivity contribution >= 4 is 23.9 Å². The van der Waals surface area contributed by atoms with Gasteiger partial charge in [0.05, 0.1) is 12.3 Å². The highest BCUT2D eigenvalue weighted by Gasteiger charge is 2.17. The molecule has 2 aromatic rings. The van der Waals surface area contributed by atoms with Crippen molar-refractivity contribution in [1.82, 2.24) is 0 Å². The Labute approximate surface area is 198 Å².